The largest absolute Gasteiger partial charge is 0.483 e. The Kier molecular flexibility index (Phi) is 11.4. The molecule has 4 rings (SSSR count). The van der Waals surface area contributed by atoms with Gasteiger partial charge >= 0.3 is 0 Å². The number of carboxylic acid groups (broad SMARTS) is 1. The molecule has 7 nitrogen and oxygen atoms in total. The first kappa shape index (κ1) is 31.6. The number of alkyl halides is 2. The Hall–Kier alpha value is -1.95. The van der Waals surface area contributed by atoms with Crippen molar-refractivity contribution in [2.75, 3.05) is 0 Å². The number of hydrogen-bond donors (Lipinski definition) is 3. The van der Waals surface area contributed by atoms with Crippen LogP contribution >= 0.6 is 22.9 Å². The molecule has 2 aromatic rings. The number of rotatable bonds is 8. The Balaban J connectivity index is 0.00000134. The fourth-order valence-electron chi connectivity index (χ4n) is 4.72. The lowest BCUT2D eigenvalue weighted by Gasteiger charge is -2.25. The quantitative estimate of drug-likeness (QED) is 0.284. The van der Waals surface area contributed by atoms with E-state index in [1.165, 1.54) is 12.5 Å². The van der Waals surface area contributed by atoms with Crippen LogP contribution in [0.5, 0.6) is 0 Å². The molecular formula is C27H36ClF2N3O4S2. The van der Waals surface area contributed by atoms with Gasteiger partial charge in [0.2, 0.25) is 0 Å². The van der Waals surface area contributed by atoms with E-state index in [2.05, 4.69) is 15.0 Å². The van der Waals surface area contributed by atoms with Gasteiger partial charge in [-0.05, 0) is 58.4 Å². The summed E-state index contributed by atoms with van der Waals surface area (Å²) >= 11 is 7.63. The van der Waals surface area contributed by atoms with Gasteiger partial charge in [-0.15, -0.1) is 11.3 Å². The number of carbonyl (C=O) groups excluding carboxylic acids is 1. The van der Waals surface area contributed by atoms with Crippen molar-refractivity contribution < 1.29 is 27.7 Å². The Morgan fingerprint density at radius 3 is 2.38 bits per heavy atom. The number of carbonyl (C=O) groups is 2. The molecule has 1 atom stereocenters. The van der Waals surface area contributed by atoms with Gasteiger partial charge in [-0.3, -0.25) is 9.59 Å². The van der Waals surface area contributed by atoms with Crippen molar-refractivity contribution in [2.45, 2.75) is 101 Å². The smallest absolute Gasteiger partial charge is 0.290 e. The summed E-state index contributed by atoms with van der Waals surface area (Å²) in [7, 11) is -1.76. The molecule has 2 fully saturated rings. The van der Waals surface area contributed by atoms with E-state index >= 15 is 0 Å². The topological polar surface area (TPSA) is 108 Å². The molecule has 0 radical (unpaired) electrons. The highest BCUT2D eigenvalue weighted by molar-refractivity contribution is 7.83. The lowest BCUT2D eigenvalue weighted by atomic mass is 9.85. The number of halogens is 3. The highest BCUT2D eigenvalue weighted by Crippen LogP contribution is 2.43. The minimum atomic E-state index is -2.88. The molecule has 2 aliphatic carbocycles. The van der Waals surface area contributed by atoms with Gasteiger partial charge in [-0.2, -0.15) is 0 Å². The van der Waals surface area contributed by atoms with Crippen molar-refractivity contribution in [2.24, 2.45) is 5.92 Å². The van der Waals surface area contributed by atoms with Crippen LogP contribution in [0, 0.1) is 5.92 Å². The first-order valence-electron chi connectivity index (χ1n) is 13.1. The lowest BCUT2D eigenvalue weighted by Crippen LogP contribution is -2.39. The summed E-state index contributed by atoms with van der Waals surface area (Å²) in [6, 6.07) is 3.25. The SMILES string of the molecule is CC(C)(C)NS(=O)c1ccc(-c2sc(C(=O)NC3CCC3)nc2CC2CCCCC2)c(C(F)F)c1Cl.O=CO. The fraction of sp³-hybridized carbons (Fsp3) is 0.593. The molecule has 216 valence electrons. The van der Waals surface area contributed by atoms with Crippen molar-refractivity contribution in [3.63, 3.8) is 0 Å². The van der Waals surface area contributed by atoms with Crippen molar-refractivity contribution in [3.05, 3.63) is 33.4 Å². The van der Waals surface area contributed by atoms with Crippen molar-refractivity contribution in [3.8, 4) is 10.4 Å². The second-order valence-corrected chi connectivity index (χ2v) is 13.5. The van der Waals surface area contributed by atoms with Crippen LogP contribution in [-0.2, 0) is 22.2 Å². The van der Waals surface area contributed by atoms with E-state index < -0.39 is 22.9 Å². The van der Waals surface area contributed by atoms with E-state index in [0.717, 1.165) is 56.3 Å². The summed E-state index contributed by atoms with van der Waals surface area (Å²) in [6.45, 7) is 5.27. The molecule has 1 unspecified atom stereocenters. The maximum atomic E-state index is 14.4. The highest BCUT2D eigenvalue weighted by atomic mass is 35.5. The molecular weight excluding hydrogens is 568 g/mol. The summed E-state index contributed by atoms with van der Waals surface area (Å²) in [5.74, 6) is 0.160. The average Bonchev–Trinajstić information content (AvgIpc) is 3.24. The van der Waals surface area contributed by atoms with Crippen LogP contribution in [0.25, 0.3) is 10.4 Å². The van der Waals surface area contributed by atoms with Crippen LogP contribution in [0.1, 0.15) is 99.6 Å². The summed E-state index contributed by atoms with van der Waals surface area (Å²) < 4.78 is 44.6. The van der Waals surface area contributed by atoms with Gasteiger partial charge in [0.1, 0.15) is 11.0 Å². The van der Waals surface area contributed by atoms with Crippen molar-refractivity contribution in [1.29, 1.82) is 0 Å². The number of aromatic nitrogens is 1. The van der Waals surface area contributed by atoms with Crippen LogP contribution in [-0.4, -0.2) is 38.3 Å². The maximum absolute atomic E-state index is 14.4. The van der Waals surface area contributed by atoms with E-state index in [9.17, 15) is 17.8 Å². The molecule has 0 bridgehead atoms. The minimum Gasteiger partial charge on any atom is -0.483 e. The van der Waals surface area contributed by atoms with E-state index in [1.54, 1.807) is 6.07 Å². The van der Waals surface area contributed by atoms with E-state index in [1.807, 2.05) is 20.8 Å². The summed E-state index contributed by atoms with van der Waals surface area (Å²) in [6.07, 6.45) is 6.40. The highest BCUT2D eigenvalue weighted by Gasteiger charge is 2.30. The first-order chi connectivity index (χ1) is 18.4. The van der Waals surface area contributed by atoms with Gasteiger partial charge in [0.15, 0.2) is 5.01 Å². The average molecular weight is 604 g/mol. The molecule has 12 heteroatoms. The number of thiazole rings is 1. The van der Waals surface area contributed by atoms with Gasteiger partial charge in [0.05, 0.1) is 20.5 Å². The number of nitrogens with zero attached hydrogens (tertiary/aromatic N) is 1. The van der Waals surface area contributed by atoms with Crippen molar-refractivity contribution >= 4 is 46.3 Å². The molecule has 2 aliphatic rings. The van der Waals surface area contributed by atoms with Crippen LogP contribution in [0.15, 0.2) is 17.0 Å². The molecule has 0 saturated heterocycles. The zero-order chi connectivity index (χ0) is 28.7. The zero-order valence-corrected chi connectivity index (χ0v) is 24.8. The van der Waals surface area contributed by atoms with Crippen molar-refractivity contribution in [1.82, 2.24) is 15.0 Å². The molecule has 0 aliphatic heterocycles. The molecule has 3 N–H and O–H groups in total. The zero-order valence-electron chi connectivity index (χ0n) is 22.4. The van der Waals surface area contributed by atoms with Gasteiger partial charge < -0.3 is 10.4 Å². The molecule has 2 saturated carbocycles. The van der Waals surface area contributed by atoms with E-state index in [4.69, 9.17) is 21.5 Å². The van der Waals surface area contributed by atoms with Gasteiger partial charge in [0.25, 0.3) is 18.8 Å². The monoisotopic (exact) mass is 603 g/mol. The van der Waals surface area contributed by atoms with Crippen LogP contribution in [0.4, 0.5) is 8.78 Å². The first-order valence-corrected chi connectivity index (χ1v) is 15.5. The van der Waals surface area contributed by atoms with Gasteiger partial charge in [0, 0.05) is 22.7 Å². The molecule has 1 amide bonds. The number of benzene rings is 1. The predicted octanol–water partition coefficient (Wildman–Crippen LogP) is 6.92. The van der Waals surface area contributed by atoms with E-state index in [-0.39, 0.29) is 39.5 Å². The Morgan fingerprint density at radius 1 is 1.21 bits per heavy atom. The third-order valence-corrected chi connectivity index (χ3v) is 9.93. The molecule has 1 aromatic heterocycles. The Labute approximate surface area is 239 Å². The maximum Gasteiger partial charge on any atom is 0.290 e. The van der Waals surface area contributed by atoms with Gasteiger partial charge in [-0.1, -0.05) is 49.8 Å². The van der Waals surface area contributed by atoms with E-state index in [0.29, 0.717) is 27.9 Å². The summed E-state index contributed by atoms with van der Waals surface area (Å²) in [5.41, 5.74) is 0.0753. The Morgan fingerprint density at radius 2 is 1.85 bits per heavy atom. The van der Waals surface area contributed by atoms with Gasteiger partial charge in [-0.25, -0.2) is 22.7 Å². The third-order valence-electron chi connectivity index (χ3n) is 6.74. The molecule has 39 heavy (non-hydrogen) atoms. The number of nitrogens with one attached hydrogen (secondary N) is 2. The number of hydrogen-bond acceptors (Lipinski definition) is 5. The fourth-order valence-corrected chi connectivity index (χ4v) is 7.35. The normalized spacial score (nSPS) is 17.2. The number of amides is 1. The lowest BCUT2D eigenvalue weighted by molar-refractivity contribution is -0.122. The Bertz CT molecular complexity index is 1180. The second-order valence-electron chi connectivity index (χ2n) is 11.0. The third kappa shape index (κ3) is 8.52. The second kappa shape index (κ2) is 14.1. The minimum absolute atomic E-state index is 0.118. The van der Waals surface area contributed by atoms with Crippen LogP contribution in [0.2, 0.25) is 5.02 Å². The summed E-state index contributed by atoms with van der Waals surface area (Å²) in [4.78, 5) is 26.6. The summed E-state index contributed by atoms with van der Waals surface area (Å²) in [5, 5.41) is 9.98. The van der Waals surface area contributed by atoms with Crippen LogP contribution in [0.3, 0.4) is 0 Å². The predicted molar refractivity (Wildman–Crippen MR) is 151 cm³/mol. The molecule has 0 spiro atoms. The molecule has 1 heterocycles. The van der Waals surface area contributed by atoms with Crippen LogP contribution < -0.4 is 10.0 Å². The molecule has 1 aromatic carbocycles. The standard InChI is InChI=1S/C26H34ClF2N3O2S2.CH2O2/c1-26(2,3)32-36(34)19-13-12-17(20(21(19)27)23(28)29)22-18(14-15-8-5-4-6-9-15)31-25(35-22)24(33)30-16-10-7-11-16;2-1-3/h12-13,15-16,23,32H,4-11,14H2,1-3H3,(H,30,33);1H,(H,2,3).